The largest absolute Gasteiger partial charge is 0.432 e. The molecule has 0 saturated heterocycles. The van der Waals surface area contributed by atoms with Crippen LogP contribution in [0.15, 0.2) is 25.2 Å². The molecule has 6 nitrogen and oxygen atoms in total. The van der Waals surface area contributed by atoms with Crippen LogP contribution in [-0.4, -0.2) is 35.5 Å². The van der Waals surface area contributed by atoms with Crippen molar-refractivity contribution in [2.45, 2.75) is 25.4 Å². The molecule has 2 aromatic rings. The maximum absolute atomic E-state index is 12.5. The number of aliphatic hydroxyl groups is 1. The maximum atomic E-state index is 12.5. The SMILES string of the molecule is OC(Cn1cncn1)Cn1cncc1C(F)(F)F. The lowest BCUT2D eigenvalue weighted by Crippen LogP contribution is -2.25. The summed E-state index contributed by atoms with van der Waals surface area (Å²) in [5, 5.41) is 13.4. The number of nitrogens with zero attached hydrogens (tertiary/aromatic N) is 5. The molecule has 9 heteroatoms. The number of halogens is 3. The fourth-order valence-corrected chi connectivity index (χ4v) is 1.53. The van der Waals surface area contributed by atoms with Crippen molar-refractivity contribution in [3.63, 3.8) is 0 Å². The van der Waals surface area contributed by atoms with Gasteiger partial charge in [-0.15, -0.1) is 0 Å². The third-order valence-electron chi connectivity index (χ3n) is 2.27. The lowest BCUT2D eigenvalue weighted by atomic mass is 10.3. The number of aromatic nitrogens is 5. The zero-order valence-corrected chi connectivity index (χ0v) is 9.12. The van der Waals surface area contributed by atoms with Crippen LogP contribution < -0.4 is 0 Å². The molecule has 0 amide bonds. The van der Waals surface area contributed by atoms with E-state index < -0.39 is 18.0 Å². The molecule has 0 aliphatic heterocycles. The molecule has 2 heterocycles. The number of hydrogen-bond donors (Lipinski definition) is 1. The van der Waals surface area contributed by atoms with E-state index in [-0.39, 0.29) is 13.1 Å². The fourth-order valence-electron chi connectivity index (χ4n) is 1.53. The zero-order chi connectivity index (χ0) is 13.2. The molecule has 0 aliphatic rings. The average molecular weight is 261 g/mol. The van der Waals surface area contributed by atoms with E-state index in [1.807, 2.05) is 0 Å². The second kappa shape index (κ2) is 4.77. The van der Waals surface area contributed by atoms with E-state index in [1.54, 1.807) is 0 Å². The van der Waals surface area contributed by atoms with Gasteiger partial charge in [0.05, 0.1) is 31.7 Å². The first kappa shape index (κ1) is 12.6. The third kappa shape index (κ3) is 2.86. The monoisotopic (exact) mass is 261 g/mol. The lowest BCUT2D eigenvalue weighted by Gasteiger charge is -2.14. The molecule has 0 saturated carbocycles. The summed E-state index contributed by atoms with van der Waals surface area (Å²) < 4.78 is 39.8. The molecule has 0 bridgehead atoms. The van der Waals surface area contributed by atoms with Gasteiger partial charge in [0, 0.05) is 0 Å². The first-order valence-corrected chi connectivity index (χ1v) is 5.04. The first-order valence-electron chi connectivity index (χ1n) is 5.04. The molecule has 0 aromatic carbocycles. The molecule has 2 rings (SSSR count). The van der Waals surface area contributed by atoms with Crippen molar-refractivity contribution in [2.24, 2.45) is 0 Å². The zero-order valence-electron chi connectivity index (χ0n) is 9.12. The van der Waals surface area contributed by atoms with Gasteiger partial charge in [-0.05, 0) is 0 Å². The van der Waals surface area contributed by atoms with Crippen LogP contribution in [0.5, 0.6) is 0 Å². The van der Waals surface area contributed by atoms with Crippen LogP contribution in [0.2, 0.25) is 0 Å². The summed E-state index contributed by atoms with van der Waals surface area (Å²) in [6, 6.07) is 0. The Bertz CT molecular complexity index is 493. The fraction of sp³-hybridized carbons (Fsp3) is 0.444. The van der Waals surface area contributed by atoms with Crippen LogP contribution in [0.1, 0.15) is 5.69 Å². The van der Waals surface area contributed by atoms with Crippen LogP contribution in [0.3, 0.4) is 0 Å². The van der Waals surface area contributed by atoms with Gasteiger partial charge in [-0.25, -0.2) is 9.97 Å². The predicted molar refractivity (Wildman–Crippen MR) is 53.3 cm³/mol. The van der Waals surface area contributed by atoms with Gasteiger partial charge in [0.2, 0.25) is 0 Å². The molecule has 0 radical (unpaired) electrons. The molecule has 2 aromatic heterocycles. The van der Waals surface area contributed by atoms with Gasteiger partial charge in [-0.3, -0.25) is 4.68 Å². The molecule has 0 aliphatic carbocycles. The van der Waals surface area contributed by atoms with Gasteiger partial charge in [-0.1, -0.05) is 0 Å². The summed E-state index contributed by atoms with van der Waals surface area (Å²) in [7, 11) is 0. The number of imidazole rings is 1. The van der Waals surface area contributed by atoms with E-state index >= 15 is 0 Å². The van der Waals surface area contributed by atoms with Gasteiger partial charge in [0.15, 0.2) is 0 Å². The van der Waals surface area contributed by atoms with Crippen LogP contribution in [0, 0.1) is 0 Å². The molecular formula is C9H10F3N5O. The van der Waals surface area contributed by atoms with Gasteiger partial charge in [0.25, 0.3) is 0 Å². The summed E-state index contributed by atoms with van der Waals surface area (Å²) in [5.74, 6) is 0. The Balaban J connectivity index is 2.03. The number of aliphatic hydroxyl groups excluding tert-OH is 1. The Kier molecular flexibility index (Phi) is 3.32. The normalized spacial score (nSPS) is 13.8. The Morgan fingerprint density at radius 2 is 2.00 bits per heavy atom. The van der Waals surface area contributed by atoms with Crippen LogP contribution in [0.4, 0.5) is 13.2 Å². The highest BCUT2D eigenvalue weighted by atomic mass is 19.4. The van der Waals surface area contributed by atoms with Gasteiger partial charge >= 0.3 is 6.18 Å². The quantitative estimate of drug-likeness (QED) is 0.872. The maximum Gasteiger partial charge on any atom is 0.432 e. The second-order valence-electron chi connectivity index (χ2n) is 3.70. The molecular weight excluding hydrogens is 251 g/mol. The van der Waals surface area contributed by atoms with Crippen molar-refractivity contribution >= 4 is 0 Å². The Morgan fingerprint density at radius 1 is 1.22 bits per heavy atom. The minimum Gasteiger partial charge on any atom is -0.389 e. The predicted octanol–water partition coefficient (Wildman–Crippen LogP) is 0.554. The lowest BCUT2D eigenvalue weighted by molar-refractivity contribution is -0.144. The highest BCUT2D eigenvalue weighted by Crippen LogP contribution is 2.28. The van der Waals surface area contributed by atoms with Crippen molar-refractivity contribution in [3.8, 4) is 0 Å². The Labute approximate surface area is 99.7 Å². The van der Waals surface area contributed by atoms with E-state index in [0.29, 0.717) is 0 Å². The Morgan fingerprint density at radius 3 is 2.61 bits per heavy atom. The molecule has 1 unspecified atom stereocenters. The number of hydrogen-bond acceptors (Lipinski definition) is 4. The molecule has 1 atom stereocenters. The van der Waals surface area contributed by atoms with Gasteiger partial charge in [0.1, 0.15) is 18.3 Å². The topological polar surface area (TPSA) is 68.8 Å². The third-order valence-corrected chi connectivity index (χ3v) is 2.27. The number of alkyl halides is 3. The summed E-state index contributed by atoms with van der Waals surface area (Å²) in [6.07, 6.45) is -1.08. The van der Waals surface area contributed by atoms with E-state index in [9.17, 15) is 18.3 Å². The summed E-state index contributed by atoms with van der Waals surface area (Å²) in [6.45, 7) is -0.149. The summed E-state index contributed by atoms with van der Waals surface area (Å²) in [5.41, 5.74) is -0.889. The smallest absolute Gasteiger partial charge is 0.389 e. The highest BCUT2D eigenvalue weighted by Gasteiger charge is 2.34. The number of rotatable bonds is 4. The average Bonchev–Trinajstić information content (AvgIpc) is 2.87. The second-order valence-corrected chi connectivity index (χ2v) is 3.70. The highest BCUT2D eigenvalue weighted by molar-refractivity contribution is 5.03. The molecule has 1 N–H and O–H groups in total. The van der Waals surface area contributed by atoms with Crippen molar-refractivity contribution in [3.05, 3.63) is 30.9 Å². The summed E-state index contributed by atoms with van der Waals surface area (Å²) in [4.78, 5) is 7.11. The van der Waals surface area contributed by atoms with E-state index in [4.69, 9.17) is 0 Å². The van der Waals surface area contributed by atoms with Crippen molar-refractivity contribution in [1.29, 1.82) is 0 Å². The van der Waals surface area contributed by atoms with E-state index in [0.717, 1.165) is 17.1 Å². The van der Waals surface area contributed by atoms with E-state index in [1.165, 1.54) is 17.3 Å². The molecule has 18 heavy (non-hydrogen) atoms. The minimum absolute atomic E-state index is 0.0650. The first-order chi connectivity index (χ1) is 8.47. The van der Waals surface area contributed by atoms with Crippen molar-refractivity contribution < 1.29 is 18.3 Å². The standard InChI is InChI=1S/C9H10F3N5O/c10-9(11,12)8-1-13-5-16(8)2-7(18)3-17-6-14-4-15-17/h1,4-7,18H,2-3H2. The van der Waals surface area contributed by atoms with Crippen LogP contribution in [-0.2, 0) is 19.3 Å². The van der Waals surface area contributed by atoms with Gasteiger partial charge < -0.3 is 9.67 Å². The summed E-state index contributed by atoms with van der Waals surface area (Å²) >= 11 is 0. The minimum atomic E-state index is -4.48. The Hall–Kier alpha value is -1.90. The van der Waals surface area contributed by atoms with Crippen molar-refractivity contribution in [1.82, 2.24) is 24.3 Å². The molecule has 0 spiro atoms. The van der Waals surface area contributed by atoms with E-state index in [2.05, 4.69) is 15.1 Å². The van der Waals surface area contributed by atoms with Crippen LogP contribution in [0.25, 0.3) is 0 Å². The van der Waals surface area contributed by atoms with Crippen molar-refractivity contribution in [2.75, 3.05) is 0 Å². The van der Waals surface area contributed by atoms with Crippen LogP contribution >= 0.6 is 0 Å². The molecule has 98 valence electrons. The molecule has 0 fully saturated rings. The van der Waals surface area contributed by atoms with Gasteiger partial charge in [-0.2, -0.15) is 18.3 Å².